The Labute approximate surface area is 109 Å². The summed E-state index contributed by atoms with van der Waals surface area (Å²) in [6, 6.07) is 6.19. The predicted octanol–water partition coefficient (Wildman–Crippen LogP) is 1.75. The quantitative estimate of drug-likeness (QED) is 0.863. The summed E-state index contributed by atoms with van der Waals surface area (Å²) in [6.45, 7) is 7.90. The highest BCUT2D eigenvalue weighted by Crippen LogP contribution is 2.21. The highest BCUT2D eigenvalue weighted by molar-refractivity contribution is 5.50. The summed E-state index contributed by atoms with van der Waals surface area (Å²) in [6.07, 6.45) is 0. The molecule has 0 amide bonds. The molecule has 1 saturated heterocycles. The monoisotopic (exact) mass is 250 g/mol. The zero-order chi connectivity index (χ0) is 12.8. The van der Waals surface area contributed by atoms with E-state index in [0.717, 1.165) is 56.4 Å². The Kier molecular flexibility index (Phi) is 4.84. The first-order valence-electron chi connectivity index (χ1n) is 6.48. The summed E-state index contributed by atoms with van der Waals surface area (Å²) < 4.78 is 10.6. The number of methoxy groups -OCH3 is 1. The summed E-state index contributed by atoms with van der Waals surface area (Å²) in [5, 5.41) is 3.45. The largest absolute Gasteiger partial charge is 0.496 e. The van der Waals surface area contributed by atoms with E-state index in [9.17, 15) is 0 Å². The Bertz CT molecular complexity index is 376. The highest BCUT2D eigenvalue weighted by Gasteiger charge is 2.09. The van der Waals surface area contributed by atoms with Crippen molar-refractivity contribution in [3.05, 3.63) is 23.8 Å². The molecule has 4 nitrogen and oxygen atoms in total. The molecule has 1 aromatic carbocycles. The summed E-state index contributed by atoms with van der Waals surface area (Å²) in [7, 11) is 1.70. The number of hydrogen-bond donors (Lipinski definition) is 1. The van der Waals surface area contributed by atoms with E-state index in [2.05, 4.69) is 29.3 Å². The maximum absolute atomic E-state index is 5.33. The van der Waals surface area contributed by atoms with E-state index in [1.54, 1.807) is 7.11 Å². The van der Waals surface area contributed by atoms with Crippen molar-refractivity contribution in [3.63, 3.8) is 0 Å². The van der Waals surface area contributed by atoms with Crippen LogP contribution in [0.25, 0.3) is 0 Å². The van der Waals surface area contributed by atoms with Gasteiger partial charge in [-0.15, -0.1) is 0 Å². The average molecular weight is 250 g/mol. The van der Waals surface area contributed by atoms with Gasteiger partial charge in [-0.3, -0.25) is 4.90 Å². The van der Waals surface area contributed by atoms with Gasteiger partial charge in [-0.25, -0.2) is 0 Å². The molecule has 1 aliphatic heterocycles. The number of nitrogens with one attached hydrogen (secondary N) is 1. The molecule has 100 valence electrons. The number of benzene rings is 1. The number of nitrogens with zero attached hydrogens (tertiary/aromatic N) is 1. The van der Waals surface area contributed by atoms with Crippen molar-refractivity contribution < 1.29 is 9.47 Å². The van der Waals surface area contributed by atoms with E-state index in [0.29, 0.717) is 0 Å². The van der Waals surface area contributed by atoms with Gasteiger partial charge >= 0.3 is 0 Å². The lowest BCUT2D eigenvalue weighted by molar-refractivity contribution is 0.0398. The minimum absolute atomic E-state index is 0.863. The molecule has 0 saturated carbocycles. The third-order valence-corrected chi connectivity index (χ3v) is 3.26. The molecule has 4 heteroatoms. The predicted molar refractivity (Wildman–Crippen MR) is 73.5 cm³/mol. The van der Waals surface area contributed by atoms with Gasteiger partial charge in [-0.1, -0.05) is 0 Å². The van der Waals surface area contributed by atoms with Crippen LogP contribution in [0.5, 0.6) is 5.75 Å². The van der Waals surface area contributed by atoms with Crippen molar-refractivity contribution in [2.24, 2.45) is 0 Å². The first-order chi connectivity index (χ1) is 8.79. The molecule has 0 aromatic heterocycles. The van der Waals surface area contributed by atoms with Crippen molar-refractivity contribution in [1.82, 2.24) is 4.90 Å². The maximum Gasteiger partial charge on any atom is 0.121 e. The molecule has 1 aromatic rings. The number of aryl methyl sites for hydroxylation is 1. The van der Waals surface area contributed by atoms with Gasteiger partial charge in [-0.2, -0.15) is 0 Å². The van der Waals surface area contributed by atoms with Crippen molar-refractivity contribution in [3.8, 4) is 5.75 Å². The van der Waals surface area contributed by atoms with Gasteiger partial charge in [0.05, 0.1) is 20.3 Å². The van der Waals surface area contributed by atoms with Crippen LogP contribution in [0.2, 0.25) is 0 Å². The molecule has 1 aliphatic rings. The summed E-state index contributed by atoms with van der Waals surface area (Å²) >= 11 is 0. The van der Waals surface area contributed by atoms with Crippen molar-refractivity contribution in [1.29, 1.82) is 0 Å². The molecule has 0 unspecified atom stereocenters. The zero-order valence-corrected chi connectivity index (χ0v) is 11.2. The number of morpholine rings is 1. The molecule has 0 spiro atoms. The fourth-order valence-electron chi connectivity index (χ4n) is 2.17. The van der Waals surface area contributed by atoms with Crippen molar-refractivity contribution >= 4 is 5.69 Å². The molecule has 0 radical (unpaired) electrons. The van der Waals surface area contributed by atoms with E-state index in [1.807, 2.05) is 6.07 Å². The standard InChI is InChI=1S/C14H22N2O2/c1-12-11-13(3-4-14(12)17-2)15-5-6-16-7-9-18-10-8-16/h3-4,11,15H,5-10H2,1-2H3. The lowest BCUT2D eigenvalue weighted by Gasteiger charge is -2.26. The fourth-order valence-corrected chi connectivity index (χ4v) is 2.17. The lowest BCUT2D eigenvalue weighted by atomic mass is 10.2. The Morgan fingerprint density at radius 3 is 2.78 bits per heavy atom. The molecule has 0 aliphatic carbocycles. The smallest absolute Gasteiger partial charge is 0.121 e. The second-order valence-corrected chi connectivity index (χ2v) is 4.57. The van der Waals surface area contributed by atoms with Gasteiger partial charge in [-0.05, 0) is 30.7 Å². The Morgan fingerprint density at radius 1 is 1.33 bits per heavy atom. The maximum atomic E-state index is 5.33. The van der Waals surface area contributed by atoms with Crippen LogP contribution in [-0.4, -0.2) is 51.4 Å². The van der Waals surface area contributed by atoms with E-state index < -0.39 is 0 Å². The van der Waals surface area contributed by atoms with Gasteiger partial charge in [0.25, 0.3) is 0 Å². The Morgan fingerprint density at radius 2 is 2.11 bits per heavy atom. The van der Waals surface area contributed by atoms with Crippen LogP contribution >= 0.6 is 0 Å². The molecule has 2 rings (SSSR count). The molecule has 0 atom stereocenters. The normalized spacial score (nSPS) is 16.6. The third kappa shape index (κ3) is 3.62. The van der Waals surface area contributed by atoms with Crippen LogP contribution in [0.15, 0.2) is 18.2 Å². The highest BCUT2D eigenvalue weighted by atomic mass is 16.5. The Balaban J connectivity index is 1.77. The van der Waals surface area contributed by atoms with Crippen LogP contribution in [0.1, 0.15) is 5.56 Å². The number of anilines is 1. The number of hydrogen-bond acceptors (Lipinski definition) is 4. The van der Waals surface area contributed by atoms with Crippen LogP contribution in [0.3, 0.4) is 0 Å². The summed E-state index contributed by atoms with van der Waals surface area (Å²) in [5.74, 6) is 0.939. The minimum Gasteiger partial charge on any atom is -0.496 e. The van der Waals surface area contributed by atoms with Gasteiger partial charge in [0.2, 0.25) is 0 Å². The molecule has 1 heterocycles. The van der Waals surface area contributed by atoms with E-state index >= 15 is 0 Å². The van der Waals surface area contributed by atoms with Crippen molar-refractivity contribution in [2.45, 2.75) is 6.92 Å². The topological polar surface area (TPSA) is 33.7 Å². The summed E-state index contributed by atoms with van der Waals surface area (Å²) in [5.41, 5.74) is 2.32. The van der Waals surface area contributed by atoms with E-state index in [-0.39, 0.29) is 0 Å². The van der Waals surface area contributed by atoms with Crippen LogP contribution < -0.4 is 10.1 Å². The zero-order valence-electron chi connectivity index (χ0n) is 11.2. The summed E-state index contributed by atoms with van der Waals surface area (Å²) in [4.78, 5) is 2.42. The average Bonchev–Trinajstić information content (AvgIpc) is 2.40. The van der Waals surface area contributed by atoms with E-state index in [4.69, 9.17) is 9.47 Å². The van der Waals surface area contributed by atoms with Gasteiger partial charge in [0, 0.05) is 31.9 Å². The van der Waals surface area contributed by atoms with Gasteiger partial charge < -0.3 is 14.8 Å². The third-order valence-electron chi connectivity index (χ3n) is 3.26. The SMILES string of the molecule is COc1ccc(NCCN2CCOCC2)cc1C. The minimum atomic E-state index is 0.863. The molecule has 18 heavy (non-hydrogen) atoms. The molecule has 1 fully saturated rings. The second kappa shape index (κ2) is 6.61. The number of ether oxygens (including phenoxy) is 2. The lowest BCUT2D eigenvalue weighted by Crippen LogP contribution is -2.39. The molecule has 1 N–H and O–H groups in total. The number of rotatable bonds is 5. The van der Waals surface area contributed by atoms with Crippen molar-refractivity contribution in [2.75, 3.05) is 51.8 Å². The molecular weight excluding hydrogens is 228 g/mol. The first-order valence-corrected chi connectivity index (χ1v) is 6.48. The van der Waals surface area contributed by atoms with Crippen LogP contribution in [-0.2, 0) is 4.74 Å². The molecular formula is C14H22N2O2. The van der Waals surface area contributed by atoms with Crippen LogP contribution in [0.4, 0.5) is 5.69 Å². The molecule has 0 bridgehead atoms. The van der Waals surface area contributed by atoms with Gasteiger partial charge in [0.1, 0.15) is 5.75 Å². The first kappa shape index (κ1) is 13.2. The van der Waals surface area contributed by atoms with Crippen LogP contribution in [0, 0.1) is 6.92 Å². The Hall–Kier alpha value is -1.26. The van der Waals surface area contributed by atoms with Gasteiger partial charge in [0.15, 0.2) is 0 Å². The van der Waals surface area contributed by atoms with E-state index in [1.165, 1.54) is 0 Å². The second-order valence-electron chi connectivity index (χ2n) is 4.57. The fraction of sp³-hybridized carbons (Fsp3) is 0.571.